The fraction of sp³-hybridized carbons (Fsp3) is 0.636. The lowest BCUT2D eigenvalue weighted by atomic mass is 9.96. The molecule has 0 radical (unpaired) electrons. The van der Waals surface area contributed by atoms with Crippen molar-refractivity contribution in [2.45, 2.75) is 27.7 Å². The molecule has 1 N–H and O–H groups in total. The second-order valence-corrected chi connectivity index (χ2v) is 5.13. The predicted molar refractivity (Wildman–Crippen MR) is 59.7 cm³/mol. The van der Waals surface area contributed by atoms with E-state index in [-0.39, 0.29) is 11.3 Å². The number of rotatable bonds is 2. The average molecular weight is 209 g/mol. The lowest BCUT2D eigenvalue weighted by molar-refractivity contribution is 0.0745. The van der Waals surface area contributed by atoms with Gasteiger partial charge in [0.1, 0.15) is 0 Å². The maximum absolute atomic E-state index is 12.0. The number of H-pyrrole nitrogens is 1. The fourth-order valence-electron chi connectivity index (χ4n) is 1.56. The fourth-order valence-corrected chi connectivity index (χ4v) is 1.56. The molecule has 1 aromatic heterocycles. The molecule has 0 bridgehead atoms. The molecule has 0 aliphatic rings. The Hall–Kier alpha value is -1.32. The van der Waals surface area contributed by atoms with E-state index < -0.39 is 0 Å². The smallest absolute Gasteiger partial charge is 0.257 e. The van der Waals surface area contributed by atoms with Crippen LogP contribution in [-0.2, 0) is 0 Å². The monoisotopic (exact) mass is 209 g/mol. The van der Waals surface area contributed by atoms with E-state index >= 15 is 0 Å². The molecule has 0 fully saturated rings. The van der Waals surface area contributed by atoms with Crippen LogP contribution in [0.15, 0.2) is 6.20 Å². The molecule has 15 heavy (non-hydrogen) atoms. The van der Waals surface area contributed by atoms with Crippen molar-refractivity contribution in [3.8, 4) is 0 Å². The number of aromatic nitrogens is 2. The van der Waals surface area contributed by atoms with Crippen molar-refractivity contribution in [2.24, 2.45) is 5.41 Å². The highest BCUT2D eigenvalue weighted by molar-refractivity contribution is 5.94. The third-order valence-electron chi connectivity index (χ3n) is 2.12. The number of hydrogen-bond donors (Lipinski definition) is 1. The molecule has 0 unspecified atom stereocenters. The number of carbonyl (C=O) groups is 1. The minimum absolute atomic E-state index is 0.0242. The molecule has 0 spiro atoms. The van der Waals surface area contributed by atoms with Gasteiger partial charge in [-0.1, -0.05) is 20.8 Å². The van der Waals surface area contributed by atoms with Gasteiger partial charge in [0.2, 0.25) is 0 Å². The third kappa shape index (κ3) is 3.08. The predicted octanol–water partition coefficient (Wildman–Crippen LogP) is 1.84. The highest BCUT2D eigenvalue weighted by atomic mass is 16.2. The summed E-state index contributed by atoms with van der Waals surface area (Å²) in [6, 6.07) is 0. The lowest BCUT2D eigenvalue weighted by Crippen LogP contribution is -2.34. The van der Waals surface area contributed by atoms with Gasteiger partial charge in [-0.05, 0) is 12.3 Å². The van der Waals surface area contributed by atoms with Crippen LogP contribution in [0, 0.1) is 12.3 Å². The largest absolute Gasteiger partial charge is 0.341 e. The van der Waals surface area contributed by atoms with E-state index in [1.54, 1.807) is 11.1 Å². The standard InChI is InChI=1S/C11H19N3O/c1-8-9(6-12-13-8)10(15)14(5)7-11(2,3)4/h6H,7H2,1-5H3,(H,12,13). The maximum atomic E-state index is 12.0. The number of aromatic amines is 1. The van der Waals surface area contributed by atoms with Crippen LogP contribution in [0.1, 0.15) is 36.8 Å². The van der Waals surface area contributed by atoms with E-state index in [9.17, 15) is 4.79 Å². The Morgan fingerprint density at radius 3 is 2.53 bits per heavy atom. The zero-order valence-electron chi connectivity index (χ0n) is 10.1. The molecule has 0 saturated heterocycles. The van der Waals surface area contributed by atoms with Gasteiger partial charge in [0.25, 0.3) is 5.91 Å². The normalized spacial score (nSPS) is 11.5. The van der Waals surface area contributed by atoms with Gasteiger partial charge in [0, 0.05) is 19.3 Å². The van der Waals surface area contributed by atoms with E-state index in [1.165, 1.54) is 0 Å². The topological polar surface area (TPSA) is 49.0 Å². The summed E-state index contributed by atoms with van der Waals surface area (Å²) in [7, 11) is 1.82. The SMILES string of the molecule is Cc1[nH]ncc1C(=O)N(C)CC(C)(C)C. The summed E-state index contributed by atoms with van der Waals surface area (Å²) in [6.45, 7) is 8.92. The minimum Gasteiger partial charge on any atom is -0.341 e. The van der Waals surface area contributed by atoms with Gasteiger partial charge in [0.05, 0.1) is 11.8 Å². The van der Waals surface area contributed by atoms with E-state index in [4.69, 9.17) is 0 Å². The van der Waals surface area contributed by atoms with Crippen molar-refractivity contribution in [3.63, 3.8) is 0 Å². The average Bonchev–Trinajstić information content (AvgIpc) is 2.47. The number of nitrogens with zero attached hydrogens (tertiary/aromatic N) is 2. The summed E-state index contributed by atoms with van der Waals surface area (Å²) in [5, 5.41) is 6.62. The van der Waals surface area contributed by atoms with Crippen LogP contribution in [0.4, 0.5) is 0 Å². The lowest BCUT2D eigenvalue weighted by Gasteiger charge is -2.26. The molecule has 1 rings (SSSR count). The second-order valence-electron chi connectivity index (χ2n) is 5.13. The molecule has 0 aliphatic heterocycles. The molecule has 1 heterocycles. The zero-order valence-corrected chi connectivity index (χ0v) is 10.1. The highest BCUT2D eigenvalue weighted by Gasteiger charge is 2.20. The summed E-state index contributed by atoms with van der Waals surface area (Å²) in [4.78, 5) is 13.7. The Balaban J connectivity index is 2.74. The molecule has 0 saturated carbocycles. The van der Waals surface area contributed by atoms with Crippen LogP contribution < -0.4 is 0 Å². The van der Waals surface area contributed by atoms with Crippen LogP contribution in [0.2, 0.25) is 0 Å². The first-order valence-corrected chi connectivity index (χ1v) is 5.07. The molecule has 4 heteroatoms. The minimum atomic E-state index is 0.0242. The van der Waals surface area contributed by atoms with Crippen molar-refractivity contribution in [2.75, 3.05) is 13.6 Å². The summed E-state index contributed by atoms with van der Waals surface area (Å²) in [5.41, 5.74) is 1.59. The zero-order chi connectivity index (χ0) is 11.6. The summed E-state index contributed by atoms with van der Waals surface area (Å²) >= 11 is 0. The van der Waals surface area contributed by atoms with Gasteiger partial charge in [-0.15, -0.1) is 0 Å². The van der Waals surface area contributed by atoms with Gasteiger partial charge < -0.3 is 4.90 Å². The van der Waals surface area contributed by atoms with Crippen molar-refractivity contribution < 1.29 is 4.79 Å². The van der Waals surface area contributed by atoms with E-state index in [2.05, 4.69) is 31.0 Å². The number of carbonyl (C=O) groups excluding carboxylic acids is 1. The quantitative estimate of drug-likeness (QED) is 0.808. The van der Waals surface area contributed by atoms with E-state index in [1.807, 2.05) is 14.0 Å². The molecule has 84 valence electrons. The summed E-state index contributed by atoms with van der Waals surface area (Å²) < 4.78 is 0. The molecular formula is C11H19N3O. The molecule has 0 aliphatic carbocycles. The number of aryl methyl sites for hydroxylation is 1. The van der Waals surface area contributed by atoms with Gasteiger partial charge >= 0.3 is 0 Å². The molecule has 0 aromatic carbocycles. The van der Waals surface area contributed by atoms with Crippen LogP contribution in [0.5, 0.6) is 0 Å². The first-order valence-electron chi connectivity index (χ1n) is 5.07. The first kappa shape index (κ1) is 11.8. The third-order valence-corrected chi connectivity index (χ3v) is 2.12. The molecule has 0 atom stereocenters. The second kappa shape index (κ2) is 4.04. The summed E-state index contributed by atoms with van der Waals surface area (Å²) in [6.07, 6.45) is 1.58. The molecular weight excluding hydrogens is 190 g/mol. The number of nitrogens with one attached hydrogen (secondary N) is 1. The van der Waals surface area contributed by atoms with Crippen molar-refractivity contribution in [3.05, 3.63) is 17.5 Å². The Bertz CT molecular complexity index is 349. The van der Waals surface area contributed by atoms with Crippen LogP contribution in [0.25, 0.3) is 0 Å². The Kier molecular flexibility index (Phi) is 3.17. The van der Waals surface area contributed by atoms with Crippen molar-refractivity contribution in [1.29, 1.82) is 0 Å². The highest BCUT2D eigenvalue weighted by Crippen LogP contribution is 2.16. The van der Waals surface area contributed by atoms with E-state index in [0.717, 1.165) is 12.2 Å². The van der Waals surface area contributed by atoms with E-state index in [0.29, 0.717) is 5.56 Å². The Labute approximate surface area is 90.7 Å². The van der Waals surface area contributed by atoms with Gasteiger partial charge in [-0.2, -0.15) is 5.10 Å². The molecule has 4 nitrogen and oxygen atoms in total. The Morgan fingerprint density at radius 2 is 2.13 bits per heavy atom. The number of amides is 1. The molecule has 1 aromatic rings. The number of hydrogen-bond acceptors (Lipinski definition) is 2. The molecule has 1 amide bonds. The van der Waals surface area contributed by atoms with Gasteiger partial charge in [-0.25, -0.2) is 0 Å². The Morgan fingerprint density at radius 1 is 1.53 bits per heavy atom. The summed E-state index contributed by atoms with van der Waals surface area (Å²) in [5.74, 6) is 0.0242. The maximum Gasteiger partial charge on any atom is 0.257 e. The van der Waals surface area contributed by atoms with Gasteiger partial charge in [0.15, 0.2) is 0 Å². The van der Waals surface area contributed by atoms with Gasteiger partial charge in [-0.3, -0.25) is 9.89 Å². The van der Waals surface area contributed by atoms with Crippen LogP contribution >= 0.6 is 0 Å². The van der Waals surface area contributed by atoms with Crippen molar-refractivity contribution in [1.82, 2.24) is 15.1 Å². The van der Waals surface area contributed by atoms with Crippen molar-refractivity contribution >= 4 is 5.91 Å². The first-order chi connectivity index (χ1) is 6.81. The van der Waals surface area contributed by atoms with Crippen LogP contribution in [0.3, 0.4) is 0 Å². The van der Waals surface area contributed by atoms with Crippen LogP contribution in [-0.4, -0.2) is 34.6 Å².